The van der Waals surface area contributed by atoms with Gasteiger partial charge in [0.25, 0.3) is 0 Å². The van der Waals surface area contributed by atoms with Gasteiger partial charge in [0.05, 0.1) is 7.45 Å². The molecule has 4 saturated carbocycles. The van der Waals surface area contributed by atoms with Crippen LogP contribution >= 0.6 is 0 Å². The highest BCUT2D eigenvalue weighted by Crippen LogP contribution is 2.72. The van der Waals surface area contributed by atoms with E-state index in [1.807, 2.05) is 0 Å². The SMILES string of the molecule is [3H][C@]1(O)CC[C@@]2(C)[C@H](C1)C1(C[C@@H]3[C@@H]2CC[C@]2(C)[C@@H]([C@H](C)CCCC(C)C)CC[C@@H]32)N=N1. The molecule has 0 bridgehead atoms. The molecule has 5 rings (SSSR count). The molecule has 0 saturated heterocycles. The highest BCUT2D eigenvalue weighted by molar-refractivity contribution is 5.18. The van der Waals surface area contributed by atoms with Crippen LogP contribution in [0.2, 0.25) is 0 Å². The Balaban J connectivity index is 1.36. The van der Waals surface area contributed by atoms with Crippen molar-refractivity contribution in [2.24, 2.45) is 62.5 Å². The van der Waals surface area contributed by atoms with Crippen molar-refractivity contribution in [2.45, 2.75) is 117 Å². The van der Waals surface area contributed by atoms with Gasteiger partial charge in [0, 0.05) is 12.3 Å². The van der Waals surface area contributed by atoms with Crippen LogP contribution in [-0.2, 0) is 0 Å². The lowest BCUT2D eigenvalue weighted by Gasteiger charge is -2.62. The average molecular weight is 417 g/mol. The summed E-state index contributed by atoms with van der Waals surface area (Å²) < 4.78 is 8.35. The highest BCUT2D eigenvalue weighted by Gasteiger charge is 2.69. The molecule has 0 amide bonds. The van der Waals surface area contributed by atoms with E-state index in [0.717, 1.165) is 48.3 Å². The minimum Gasteiger partial charge on any atom is -0.393 e. The Labute approximate surface area is 186 Å². The minimum atomic E-state index is -1.27. The summed E-state index contributed by atoms with van der Waals surface area (Å²) in [4.78, 5) is 0. The van der Waals surface area contributed by atoms with E-state index in [-0.39, 0.29) is 17.0 Å². The zero-order valence-corrected chi connectivity index (χ0v) is 20.2. The van der Waals surface area contributed by atoms with Crippen LogP contribution in [0.25, 0.3) is 0 Å². The maximum Gasteiger partial charge on any atom is 0.194 e. The van der Waals surface area contributed by atoms with Gasteiger partial charge >= 0.3 is 0 Å². The van der Waals surface area contributed by atoms with Crippen LogP contribution in [0.5, 0.6) is 0 Å². The largest absolute Gasteiger partial charge is 0.393 e. The van der Waals surface area contributed by atoms with Crippen LogP contribution in [0.4, 0.5) is 0 Å². The molecule has 0 aromatic carbocycles. The summed E-state index contributed by atoms with van der Waals surface area (Å²) >= 11 is 0. The molecule has 170 valence electrons. The average Bonchev–Trinajstić information content (AvgIpc) is 3.35. The van der Waals surface area contributed by atoms with Crippen LogP contribution < -0.4 is 0 Å². The first-order valence-electron chi connectivity index (χ1n) is 13.7. The third-order valence-electron chi connectivity index (χ3n) is 11.1. The summed E-state index contributed by atoms with van der Waals surface area (Å²) in [6.45, 7) is 12.4. The lowest BCUT2D eigenvalue weighted by Crippen LogP contribution is -2.59. The Hall–Kier alpha value is -0.440. The topological polar surface area (TPSA) is 45.0 Å². The maximum absolute atomic E-state index is 10.6. The van der Waals surface area contributed by atoms with E-state index in [1.165, 1.54) is 44.9 Å². The molecular formula is C27H46N2O. The van der Waals surface area contributed by atoms with Gasteiger partial charge in [-0.3, -0.25) is 0 Å². The fourth-order valence-corrected chi connectivity index (χ4v) is 9.48. The molecule has 4 fully saturated rings. The van der Waals surface area contributed by atoms with Crippen molar-refractivity contribution >= 4 is 0 Å². The molecule has 1 spiro atoms. The smallest absolute Gasteiger partial charge is 0.194 e. The van der Waals surface area contributed by atoms with Crippen LogP contribution in [0, 0.1) is 52.3 Å². The van der Waals surface area contributed by atoms with Gasteiger partial charge in [-0.05, 0) is 91.3 Å². The number of aliphatic hydroxyl groups is 1. The van der Waals surface area contributed by atoms with E-state index in [9.17, 15) is 5.11 Å². The predicted molar refractivity (Wildman–Crippen MR) is 122 cm³/mol. The number of rotatable bonds is 5. The second-order valence-corrected chi connectivity index (χ2v) is 13.0. The molecular weight excluding hydrogens is 368 g/mol. The van der Waals surface area contributed by atoms with Crippen molar-refractivity contribution < 1.29 is 6.48 Å². The van der Waals surface area contributed by atoms with E-state index in [0.29, 0.717) is 18.3 Å². The Kier molecular flexibility index (Phi) is 4.90. The molecule has 1 heterocycles. The van der Waals surface area contributed by atoms with Crippen molar-refractivity contribution in [1.29, 1.82) is 0 Å². The lowest BCUT2D eigenvalue weighted by molar-refractivity contribution is -0.145. The van der Waals surface area contributed by atoms with Crippen molar-refractivity contribution in [3.8, 4) is 0 Å². The first kappa shape index (κ1) is 20.2. The van der Waals surface area contributed by atoms with E-state index < -0.39 is 6.08 Å². The quantitative estimate of drug-likeness (QED) is 0.504. The minimum absolute atomic E-state index is 0.196. The Morgan fingerprint density at radius 1 is 0.967 bits per heavy atom. The van der Waals surface area contributed by atoms with E-state index >= 15 is 0 Å². The third kappa shape index (κ3) is 3.15. The van der Waals surface area contributed by atoms with Crippen molar-refractivity contribution in [3.05, 3.63) is 0 Å². The van der Waals surface area contributed by atoms with Crippen LogP contribution in [0.3, 0.4) is 0 Å². The molecule has 3 heteroatoms. The van der Waals surface area contributed by atoms with Crippen LogP contribution in [0.15, 0.2) is 10.2 Å². The van der Waals surface area contributed by atoms with Gasteiger partial charge in [-0.2, -0.15) is 10.2 Å². The van der Waals surface area contributed by atoms with E-state index in [2.05, 4.69) is 44.8 Å². The monoisotopic (exact) mass is 416 g/mol. The molecule has 0 unspecified atom stereocenters. The van der Waals surface area contributed by atoms with Crippen molar-refractivity contribution in [1.82, 2.24) is 0 Å². The predicted octanol–water partition coefficient (Wildman–Crippen LogP) is 7.24. The molecule has 9 atom stereocenters. The van der Waals surface area contributed by atoms with Gasteiger partial charge < -0.3 is 5.11 Å². The highest BCUT2D eigenvalue weighted by atomic mass is 16.3. The number of hydrogen-bond acceptors (Lipinski definition) is 3. The van der Waals surface area contributed by atoms with Crippen molar-refractivity contribution in [2.75, 3.05) is 0 Å². The zero-order valence-electron chi connectivity index (χ0n) is 21.2. The Morgan fingerprint density at radius 2 is 1.67 bits per heavy atom. The van der Waals surface area contributed by atoms with Gasteiger partial charge in [-0.15, -0.1) is 0 Å². The molecule has 0 aromatic heterocycles. The van der Waals surface area contributed by atoms with Gasteiger partial charge in [-0.25, -0.2) is 0 Å². The number of fused-ring (bicyclic) bond motifs is 6. The van der Waals surface area contributed by atoms with E-state index in [1.54, 1.807) is 0 Å². The van der Waals surface area contributed by atoms with Gasteiger partial charge in [0.1, 0.15) is 0 Å². The normalized spacial score (nSPS) is 52.5. The summed E-state index contributed by atoms with van der Waals surface area (Å²) in [5, 5.41) is 19.9. The lowest BCUT2D eigenvalue weighted by atomic mass is 9.42. The zero-order chi connectivity index (χ0) is 22.2. The molecule has 4 aliphatic carbocycles. The summed E-state index contributed by atoms with van der Waals surface area (Å²) in [7, 11) is 0. The maximum atomic E-state index is 10.6. The van der Waals surface area contributed by atoms with Crippen LogP contribution in [-0.4, -0.2) is 16.8 Å². The number of hydrogen-bond donors (Lipinski definition) is 1. The van der Waals surface area contributed by atoms with Crippen molar-refractivity contribution in [3.63, 3.8) is 0 Å². The first-order chi connectivity index (χ1) is 14.5. The molecule has 3 nitrogen and oxygen atoms in total. The summed E-state index contributed by atoms with van der Waals surface area (Å²) in [5.74, 6) is 5.11. The van der Waals surface area contributed by atoms with E-state index in [4.69, 9.17) is 1.37 Å². The van der Waals surface area contributed by atoms with Gasteiger partial charge in [0.2, 0.25) is 0 Å². The second kappa shape index (κ2) is 7.29. The molecule has 0 radical (unpaired) electrons. The molecule has 1 aliphatic heterocycles. The Bertz CT molecular complexity index is 729. The fourth-order valence-electron chi connectivity index (χ4n) is 9.48. The first-order valence-corrected chi connectivity index (χ1v) is 13.2. The summed E-state index contributed by atoms with van der Waals surface area (Å²) in [6.07, 6.45) is 11.7. The molecule has 1 N–H and O–H groups in total. The van der Waals surface area contributed by atoms with Gasteiger partial charge in [0.15, 0.2) is 5.66 Å². The summed E-state index contributed by atoms with van der Waals surface area (Å²) in [6, 6.07) is 0. The third-order valence-corrected chi connectivity index (χ3v) is 11.1. The Morgan fingerprint density at radius 3 is 2.37 bits per heavy atom. The second-order valence-electron chi connectivity index (χ2n) is 13.0. The molecule has 0 aromatic rings. The fraction of sp³-hybridized carbons (Fsp3) is 1.00. The van der Waals surface area contributed by atoms with Gasteiger partial charge in [-0.1, -0.05) is 53.9 Å². The molecule has 30 heavy (non-hydrogen) atoms. The standard InChI is InChI=1S/C27H46N2O/c1-17(2)7-6-8-18(3)21-9-10-22-20-16-27(28-29-27)24-15-19(30)11-13-26(24,5)23(20)12-14-25(21,22)4/h17-24,30H,6-16H2,1-5H3/t18-,19+,20+,21-,22+,23+,24+,25-,26-/m1/s1/i19T. The molecule has 5 aliphatic rings. The number of nitrogens with zero attached hydrogens (tertiary/aromatic N) is 2. The summed E-state index contributed by atoms with van der Waals surface area (Å²) in [5.41, 5.74) is 0.426. The van der Waals surface area contributed by atoms with Crippen LogP contribution in [0.1, 0.15) is 107 Å².